The summed E-state index contributed by atoms with van der Waals surface area (Å²) < 4.78 is 17.4. The summed E-state index contributed by atoms with van der Waals surface area (Å²) in [6.45, 7) is 13.2. The van der Waals surface area contributed by atoms with E-state index in [-0.39, 0.29) is 0 Å². The first-order chi connectivity index (χ1) is 8.85. The molecule has 0 bridgehead atoms. The second-order valence-corrected chi connectivity index (χ2v) is 9.99. The predicted octanol–water partition coefficient (Wildman–Crippen LogP) is 3.69. The van der Waals surface area contributed by atoms with Gasteiger partial charge in [0.25, 0.3) is 0 Å². The van der Waals surface area contributed by atoms with E-state index >= 15 is 0 Å². The first-order valence-corrected chi connectivity index (χ1v) is 10.6. The minimum atomic E-state index is -1.87. The third-order valence-electron chi connectivity index (χ3n) is 2.60. The fourth-order valence-electron chi connectivity index (χ4n) is 1.95. The van der Waals surface area contributed by atoms with Crippen LogP contribution >= 0.6 is 0 Å². The van der Waals surface area contributed by atoms with Gasteiger partial charge in [0, 0.05) is 13.2 Å². The SMILES string of the molecule is CCCCC(C#N)(O[Si](C)(C)C)C(OCC)OCC. The highest BCUT2D eigenvalue weighted by atomic mass is 28.4. The fourth-order valence-corrected chi connectivity index (χ4v) is 3.29. The highest BCUT2D eigenvalue weighted by Crippen LogP contribution is 2.30. The number of ether oxygens (including phenoxy) is 2. The van der Waals surface area contributed by atoms with Crippen LogP contribution in [0.3, 0.4) is 0 Å². The lowest BCUT2D eigenvalue weighted by Gasteiger charge is -2.38. The number of unbranched alkanes of at least 4 members (excludes halogenated alkanes) is 1. The Morgan fingerprint density at radius 2 is 1.63 bits per heavy atom. The van der Waals surface area contributed by atoms with Crippen LogP contribution in [-0.2, 0) is 13.9 Å². The summed E-state index contributed by atoms with van der Waals surface area (Å²) in [5.74, 6) is 0. The van der Waals surface area contributed by atoms with E-state index in [1.54, 1.807) is 0 Å². The van der Waals surface area contributed by atoms with Crippen LogP contribution in [-0.4, -0.2) is 33.4 Å². The molecule has 1 unspecified atom stereocenters. The van der Waals surface area contributed by atoms with Crippen LogP contribution in [0.2, 0.25) is 19.6 Å². The predicted molar refractivity (Wildman–Crippen MR) is 79.3 cm³/mol. The van der Waals surface area contributed by atoms with Crippen molar-refractivity contribution in [3.05, 3.63) is 0 Å². The van der Waals surface area contributed by atoms with Crippen molar-refractivity contribution in [3.8, 4) is 6.07 Å². The van der Waals surface area contributed by atoms with E-state index in [1.165, 1.54) is 0 Å². The van der Waals surface area contributed by atoms with Gasteiger partial charge in [-0.05, 0) is 46.3 Å². The molecule has 0 rings (SSSR count). The molecule has 0 aliphatic heterocycles. The van der Waals surface area contributed by atoms with Crippen LogP contribution < -0.4 is 0 Å². The van der Waals surface area contributed by atoms with Gasteiger partial charge in [0.15, 0.2) is 20.2 Å². The van der Waals surface area contributed by atoms with E-state index in [0.717, 1.165) is 12.8 Å². The zero-order valence-electron chi connectivity index (χ0n) is 13.3. The standard InChI is InChI=1S/C14H29NO3Si/c1-7-10-11-14(12-15,18-19(4,5)6)13(16-8-2)17-9-3/h13H,7-11H2,1-6H3. The van der Waals surface area contributed by atoms with E-state index < -0.39 is 20.2 Å². The minimum Gasteiger partial charge on any atom is -0.396 e. The molecule has 0 aliphatic carbocycles. The van der Waals surface area contributed by atoms with E-state index in [9.17, 15) is 5.26 Å². The first kappa shape index (κ1) is 18.6. The Morgan fingerprint density at radius 3 is 1.95 bits per heavy atom. The topological polar surface area (TPSA) is 51.5 Å². The van der Waals surface area contributed by atoms with Gasteiger partial charge in [-0.3, -0.25) is 0 Å². The lowest BCUT2D eigenvalue weighted by molar-refractivity contribution is -0.211. The highest BCUT2D eigenvalue weighted by molar-refractivity contribution is 6.69. The zero-order chi connectivity index (χ0) is 14.9. The molecule has 0 aliphatic rings. The molecule has 1 atom stereocenters. The van der Waals surface area contributed by atoms with Crippen LogP contribution in [0.15, 0.2) is 0 Å². The Morgan fingerprint density at radius 1 is 1.11 bits per heavy atom. The minimum absolute atomic E-state index is 0.509. The van der Waals surface area contributed by atoms with Crippen molar-refractivity contribution < 1.29 is 13.9 Å². The Labute approximate surface area is 119 Å². The molecule has 0 aromatic carbocycles. The van der Waals surface area contributed by atoms with Gasteiger partial charge in [-0.2, -0.15) is 5.26 Å². The van der Waals surface area contributed by atoms with Crippen molar-refractivity contribution in [1.82, 2.24) is 0 Å². The molecule has 0 heterocycles. The maximum absolute atomic E-state index is 9.68. The Kier molecular flexibility index (Phi) is 8.51. The summed E-state index contributed by atoms with van der Waals surface area (Å²) in [4.78, 5) is 0. The molecular formula is C14H29NO3Si. The number of hydrogen-bond acceptors (Lipinski definition) is 4. The Hall–Kier alpha value is -0.413. The number of nitrogens with zero attached hydrogens (tertiary/aromatic N) is 1. The van der Waals surface area contributed by atoms with Gasteiger partial charge >= 0.3 is 0 Å². The van der Waals surface area contributed by atoms with Crippen LogP contribution in [0.25, 0.3) is 0 Å². The molecule has 0 aromatic heterocycles. The molecule has 0 spiro atoms. The third-order valence-corrected chi connectivity index (χ3v) is 3.57. The summed E-state index contributed by atoms with van der Waals surface area (Å²) >= 11 is 0. The second-order valence-electron chi connectivity index (χ2n) is 5.56. The quantitative estimate of drug-likeness (QED) is 0.454. The molecule has 19 heavy (non-hydrogen) atoms. The number of rotatable bonds is 10. The molecule has 0 saturated heterocycles. The van der Waals surface area contributed by atoms with Gasteiger partial charge in [0.1, 0.15) is 6.07 Å². The molecule has 0 radical (unpaired) electrons. The van der Waals surface area contributed by atoms with Gasteiger partial charge in [0.2, 0.25) is 0 Å². The monoisotopic (exact) mass is 287 g/mol. The van der Waals surface area contributed by atoms with Crippen LogP contribution in [0.4, 0.5) is 0 Å². The average Bonchev–Trinajstić information content (AvgIpc) is 2.33. The lowest BCUT2D eigenvalue weighted by atomic mass is 9.97. The maximum Gasteiger partial charge on any atom is 0.199 e. The van der Waals surface area contributed by atoms with Gasteiger partial charge < -0.3 is 13.9 Å². The van der Waals surface area contributed by atoms with Gasteiger partial charge in [0.05, 0.1) is 0 Å². The summed E-state index contributed by atoms with van der Waals surface area (Å²) in [6.07, 6.45) is 1.98. The molecule has 4 nitrogen and oxygen atoms in total. The van der Waals surface area contributed by atoms with Crippen LogP contribution in [0.1, 0.15) is 40.0 Å². The van der Waals surface area contributed by atoms with E-state index in [1.807, 2.05) is 13.8 Å². The molecule has 0 aromatic rings. The smallest absolute Gasteiger partial charge is 0.199 e. The van der Waals surface area contributed by atoms with E-state index in [2.05, 4.69) is 32.6 Å². The van der Waals surface area contributed by atoms with Crippen molar-refractivity contribution in [2.75, 3.05) is 13.2 Å². The van der Waals surface area contributed by atoms with Crippen molar-refractivity contribution in [3.63, 3.8) is 0 Å². The Bertz CT molecular complexity index is 279. The van der Waals surface area contributed by atoms with Crippen molar-refractivity contribution in [1.29, 1.82) is 5.26 Å². The summed E-state index contributed by atoms with van der Waals surface area (Å²) in [6, 6.07) is 2.34. The van der Waals surface area contributed by atoms with E-state index in [4.69, 9.17) is 13.9 Å². The molecular weight excluding hydrogens is 258 g/mol. The van der Waals surface area contributed by atoms with Crippen molar-refractivity contribution in [2.45, 2.75) is 71.6 Å². The highest BCUT2D eigenvalue weighted by Gasteiger charge is 2.44. The van der Waals surface area contributed by atoms with Gasteiger partial charge in [-0.1, -0.05) is 13.3 Å². The molecule has 112 valence electrons. The van der Waals surface area contributed by atoms with Crippen LogP contribution in [0.5, 0.6) is 0 Å². The zero-order valence-corrected chi connectivity index (χ0v) is 14.3. The lowest BCUT2D eigenvalue weighted by Crippen LogP contribution is -2.52. The third kappa shape index (κ3) is 6.53. The normalized spacial score (nSPS) is 15.3. The molecule has 0 amide bonds. The molecule has 5 heteroatoms. The summed E-state index contributed by atoms with van der Waals surface area (Å²) in [7, 11) is -1.87. The molecule has 0 fully saturated rings. The van der Waals surface area contributed by atoms with Crippen molar-refractivity contribution in [2.24, 2.45) is 0 Å². The Balaban J connectivity index is 5.22. The second kappa shape index (κ2) is 8.70. The fraction of sp³-hybridized carbons (Fsp3) is 0.929. The van der Waals surface area contributed by atoms with Gasteiger partial charge in [-0.15, -0.1) is 0 Å². The summed E-state index contributed by atoms with van der Waals surface area (Å²) in [5.41, 5.74) is -0.980. The number of nitriles is 1. The first-order valence-electron chi connectivity index (χ1n) is 7.19. The van der Waals surface area contributed by atoms with Gasteiger partial charge in [-0.25, -0.2) is 0 Å². The maximum atomic E-state index is 9.68. The summed E-state index contributed by atoms with van der Waals surface area (Å²) in [5, 5.41) is 9.68. The molecule has 0 N–H and O–H groups in total. The van der Waals surface area contributed by atoms with Crippen molar-refractivity contribution >= 4 is 8.32 Å². The van der Waals surface area contributed by atoms with E-state index in [0.29, 0.717) is 19.6 Å². The van der Waals surface area contributed by atoms with Crippen LogP contribution in [0, 0.1) is 11.3 Å². The largest absolute Gasteiger partial charge is 0.396 e. The number of hydrogen-bond donors (Lipinski definition) is 0. The average molecular weight is 287 g/mol. The molecule has 0 saturated carbocycles.